The maximum Gasteiger partial charge on any atom is 0.00695 e. The van der Waals surface area contributed by atoms with Crippen LogP contribution in [0, 0.1) is 5.92 Å². The summed E-state index contributed by atoms with van der Waals surface area (Å²) in [5.74, 6) is 0.938. The van der Waals surface area contributed by atoms with Crippen molar-refractivity contribution in [2.24, 2.45) is 5.92 Å². The average Bonchev–Trinajstić information content (AvgIpc) is 2.54. The Hall–Kier alpha value is -0.0400. The van der Waals surface area contributed by atoms with Gasteiger partial charge < -0.3 is 5.32 Å². The largest absolute Gasteiger partial charge is 0.311 e. The predicted molar refractivity (Wildman–Crippen MR) is 68.2 cm³/mol. The molecule has 1 nitrogen and oxygen atoms in total. The highest BCUT2D eigenvalue weighted by molar-refractivity contribution is 4.77. The van der Waals surface area contributed by atoms with Crippen LogP contribution in [0.5, 0.6) is 0 Å². The molecular formula is C14H29N. The molecule has 1 atom stereocenters. The van der Waals surface area contributed by atoms with Crippen LogP contribution in [0.1, 0.15) is 72.1 Å². The summed E-state index contributed by atoms with van der Waals surface area (Å²) in [6, 6.07) is 1.47. The molecule has 15 heavy (non-hydrogen) atoms. The van der Waals surface area contributed by atoms with Gasteiger partial charge in [0.05, 0.1) is 0 Å². The number of nitrogens with one attached hydrogen (secondary N) is 1. The Morgan fingerprint density at radius 2 is 1.53 bits per heavy atom. The Bertz CT molecular complexity index is 143. The monoisotopic (exact) mass is 211 g/mol. The zero-order valence-electron chi connectivity index (χ0n) is 10.9. The molecule has 0 aromatic carbocycles. The molecule has 1 rings (SSSR count). The van der Waals surface area contributed by atoms with Gasteiger partial charge in [0.1, 0.15) is 0 Å². The van der Waals surface area contributed by atoms with E-state index in [4.69, 9.17) is 0 Å². The molecule has 0 aromatic heterocycles. The lowest BCUT2D eigenvalue weighted by molar-refractivity contribution is 0.301. The summed E-state index contributed by atoms with van der Waals surface area (Å²) in [6.45, 7) is 6.98. The standard InChI is InChI=1S/C14H29N/c1-4-14(5-2)15-12(3)13-10-8-6-7-9-11-13/h12-15H,4-11H2,1-3H3/t12-/m1/s1. The van der Waals surface area contributed by atoms with E-state index in [1.165, 1.54) is 51.4 Å². The molecule has 90 valence electrons. The van der Waals surface area contributed by atoms with E-state index >= 15 is 0 Å². The summed E-state index contributed by atoms with van der Waals surface area (Å²) in [7, 11) is 0. The van der Waals surface area contributed by atoms with Crippen LogP contribution in [0.25, 0.3) is 0 Å². The molecule has 1 saturated carbocycles. The Balaban J connectivity index is 2.33. The fourth-order valence-electron chi connectivity index (χ4n) is 2.84. The second-order valence-corrected chi connectivity index (χ2v) is 5.22. The van der Waals surface area contributed by atoms with Crippen LogP contribution in [-0.2, 0) is 0 Å². The first kappa shape index (κ1) is 13.0. The van der Waals surface area contributed by atoms with Crippen LogP contribution in [-0.4, -0.2) is 12.1 Å². The fourth-order valence-corrected chi connectivity index (χ4v) is 2.84. The van der Waals surface area contributed by atoms with Gasteiger partial charge in [0.15, 0.2) is 0 Å². The Kier molecular flexibility index (Phi) is 6.31. The van der Waals surface area contributed by atoms with Crippen LogP contribution in [0.3, 0.4) is 0 Å². The van der Waals surface area contributed by atoms with Crippen molar-refractivity contribution < 1.29 is 0 Å². The van der Waals surface area contributed by atoms with E-state index in [9.17, 15) is 0 Å². The van der Waals surface area contributed by atoms with Crippen molar-refractivity contribution in [2.45, 2.75) is 84.2 Å². The van der Waals surface area contributed by atoms with Crippen molar-refractivity contribution in [1.29, 1.82) is 0 Å². The fraction of sp³-hybridized carbons (Fsp3) is 1.00. The molecule has 1 aliphatic rings. The minimum atomic E-state index is 0.730. The van der Waals surface area contributed by atoms with E-state index in [2.05, 4.69) is 26.1 Å². The lowest BCUT2D eigenvalue weighted by Crippen LogP contribution is -2.40. The summed E-state index contributed by atoms with van der Waals surface area (Å²) in [5, 5.41) is 3.81. The van der Waals surface area contributed by atoms with Gasteiger partial charge in [-0.15, -0.1) is 0 Å². The number of hydrogen-bond donors (Lipinski definition) is 1. The van der Waals surface area contributed by atoms with E-state index in [1.54, 1.807) is 0 Å². The first-order chi connectivity index (χ1) is 7.27. The van der Waals surface area contributed by atoms with Crippen molar-refractivity contribution in [3.8, 4) is 0 Å². The Labute approximate surface area is 96.0 Å². The van der Waals surface area contributed by atoms with Gasteiger partial charge in [0, 0.05) is 12.1 Å². The molecule has 1 aliphatic carbocycles. The van der Waals surface area contributed by atoms with Crippen LogP contribution in [0.4, 0.5) is 0 Å². The average molecular weight is 211 g/mol. The SMILES string of the molecule is CCC(CC)N[C@H](C)C1CCCCCC1. The second kappa shape index (κ2) is 7.27. The number of rotatable bonds is 5. The van der Waals surface area contributed by atoms with E-state index < -0.39 is 0 Å². The molecule has 0 aliphatic heterocycles. The molecule has 0 unspecified atom stereocenters. The Morgan fingerprint density at radius 3 is 2.00 bits per heavy atom. The van der Waals surface area contributed by atoms with Crippen molar-refractivity contribution in [2.75, 3.05) is 0 Å². The topological polar surface area (TPSA) is 12.0 Å². The molecular weight excluding hydrogens is 182 g/mol. The van der Waals surface area contributed by atoms with E-state index in [0.29, 0.717) is 0 Å². The van der Waals surface area contributed by atoms with Gasteiger partial charge in [0.2, 0.25) is 0 Å². The highest BCUT2D eigenvalue weighted by Crippen LogP contribution is 2.25. The van der Waals surface area contributed by atoms with Crippen molar-refractivity contribution in [1.82, 2.24) is 5.32 Å². The molecule has 0 spiro atoms. The third-order valence-electron chi connectivity index (χ3n) is 4.09. The minimum absolute atomic E-state index is 0.730. The Morgan fingerprint density at radius 1 is 1.00 bits per heavy atom. The zero-order valence-corrected chi connectivity index (χ0v) is 10.9. The first-order valence-electron chi connectivity index (χ1n) is 7.04. The van der Waals surface area contributed by atoms with E-state index in [1.807, 2.05) is 0 Å². The molecule has 0 bridgehead atoms. The first-order valence-corrected chi connectivity index (χ1v) is 7.04. The van der Waals surface area contributed by atoms with Gasteiger partial charge in [-0.3, -0.25) is 0 Å². The lowest BCUT2D eigenvalue weighted by atomic mass is 9.92. The number of hydrogen-bond acceptors (Lipinski definition) is 1. The van der Waals surface area contributed by atoms with E-state index in [0.717, 1.165) is 18.0 Å². The maximum atomic E-state index is 3.81. The third-order valence-corrected chi connectivity index (χ3v) is 4.09. The summed E-state index contributed by atoms with van der Waals surface area (Å²) in [6.07, 6.45) is 11.3. The van der Waals surface area contributed by atoms with Gasteiger partial charge in [-0.1, -0.05) is 39.5 Å². The van der Waals surface area contributed by atoms with Crippen LogP contribution in [0.2, 0.25) is 0 Å². The van der Waals surface area contributed by atoms with Crippen LogP contribution >= 0.6 is 0 Å². The molecule has 1 heteroatoms. The van der Waals surface area contributed by atoms with Gasteiger partial charge in [-0.25, -0.2) is 0 Å². The van der Waals surface area contributed by atoms with Gasteiger partial charge in [0.25, 0.3) is 0 Å². The van der Waals surface area contributed by atoms with Crippen LogP contribution in [0.15, 0.2) is 0 Å². The summed E-state index contributed by atoms with van der Waals surface area (Å²) in [4.78, 5) is 0. The molecule has 0 heterocycles. The van der Waals surface area contributed by atoms with Gasteiger partial charge in [-0.2, -0.15) is 0 Å². The third kappa shape index (κ3) is 4.55. The summed E-state index contributed by atoms with van der Waals surface area (Å²) >= 11 is 0. The molecule has 0 saturated heterocycles. The normalized spacial score (nSPS) is 21.6. The molecule has 1 fully saturated rings. The van der Waals surface area contributed by atoms with Gasteiger partial charge >= 0.3 is 0 Å². The highest BCUT2D eigenvalue weighted by atomic mass is 14.9. The molecule has 1 N–H and O–H groups in total. The van der Waals surface area contributed by atoms with Gasteiger partial charge in [-0.05, 0) is 38.5 Å². The summed E-state index contributed by atoms with van der Waals surface area (Å²) in [5.41, 5.74) is 0. The smallest absolute Gasteiger partial charge is 0.00695 e. The van der Waals surface area contributed by atoms with Crippen molar-refractivity contribution in [3.63, 3.8) is 0 Å². The highest BCUT2D eigenvalue weighted by Gasteiger charge is 2.20. The van der Waals surface area contributed by atoms with Crippen molar-refractivity contribution >= 4 is 0 Å². The van der Waals surface area contributed by atoms with Crippen LogP contribution < -0.4 is 5.32 Å². The molecule has 0 radical (unpaired) electrons. The lowest BCUT2D eigenvalue weighted by Gasteiger charge is -2.28. The molecule has 0 amide bonds. The quantitative estimate of drug-likeness (QED) is 0.674. The zero-order chi connectivity index (χ0) is 11.1. The second-order valence-electron chi connectivity index (χ2n) is 5.22. The minimum Gasteiger partial charge on any atom is -0.311 e. The van der Waals surface area contributed by atoms with Crippen molar-refractivity contribution in [3.05, 3.63) is 0 Å². The predicted octanol–water partition coefficient (Wildman–Crippen LogP) is 4.12. The maximum absolute atomic E-state index is 3.81. The molecule has 0 aromatic rings. The van der Waals surface area contributed by atoms with E-state index in [-0.39, 0.29) is 0 Å². The summed E-state index contributed by atoms with van der Waals surface area (Å²) < 4.78 is 0.